The average molecular weight is 279 g/mol. The number of benzene rings is 1. The molecular weight excluding hydrogens is 253 g/mol. The molecule has 1 aromatic carbocycles. The van der Waals surface area contributed by atoms with Crippen molar-refractivity contribution in [3.8, 4) is 5.75 Å². The van der Waals surface area contributed by atoms with Crippen molar-refractivity contribution in [3.05, 3.63) is 29.6 Å². The summed E-state index contributed by atoms with van der Waals surface area (Å²) < 4.78 is 13.0. The number of aromatic hydroxyl groups is 1. The first-order valence-electron chi connectivity index (χ1n) is 7.82. The van der Waals surface area contributed by atoms with Crippen LogP contribution in [-0.2, 0) is 0 Å². The molecular formula is C17H26FNO. The lowest BCUT2D eigenvalue weighted by Gasteiger charge is -2.27. The van der Waals surface area contributed by atoms with E-state index < -0.39 is 5.82 Å². The highest BCUT2D eigenvalue weighted by Gasteiger charge is 2.21. The summed E-state index contributed by atoms with van der Waals surface area (Å²) in [6.07, 6.45) is 7.95. The molecule has 20 heavy (non-hydrogen) atoms. The van der Waals surface area contributed by atoms with Crippen molar-refractivity contribution in [3.63, 3.8) is 0 Å². The van der Waals surface area contributed by atoms with Crippen LogP contribution >= 0.6 is 0 Å². The maximum atomic E-state index is 13.0. The molecule has 0 saturated heterocycles. The van der Waals surface area contributed by atoms with E-state index in [0.717, 1.165) is 5.56 Å². The average Bonchev–Trinajstić information content (AvgIpc) is 2.67. The van der Waals surface area contributed by atoms with Gasteiger partial charge in [0, 0.05) is 23.7 Å². The molecule has 0 radical (unpaired) electrons. The maximum Gasteiger partial charge on any atom is 0.126 e. The summed E-state index contributed by atoms with van der Waals surface area (Å²) in [7, 11) is 0. The lowest BCUT2D eigenvalue weighted by atomic mass is 9.92. The highest BCUT2D eigenvalue weighted by Crippen LogP contribution is 2.29. The normalized spacial score (nSPS) is 20.4. The Morgan fingerprint density at radius 3 is 2.40 bits per heavy atom. The van der Waals surface area contributed by atoms with E-state index in [1.165, 1.54) is 50.7 Å². The van der Waals surface area contributed by atoms with Crippen molar-refractivity contribution in [1.29, 1.82) is 0 Å². The monoisotopic (exact) mass is 279 g/mol. The van der Waals surface area contributed by atoms with E-state index in [-0.39, 0.29) is 11.8 Å². The summed E-state index contributed by atoms with van der Waals surface area (Å²) in [5.41, 5.74) is 0.770. The molecule has 1 unspecified atom stereocenters. The van der Waals surface area contributed by atoms with Gasteiger partial charge in [0.15, 0.2) is 0 Å². The van der Waals surface area contributed by atoms with Gasteiger partial charge in [0.05, 0.1) is 0 Å². The molecule has 2 nitrogen and oxygen atoms in total. The van der Waals surface area contributed by atoms with E-state index in [2.05, 4.69) is 12.2 Å². The van der Waals surface area contributed by atoms with Gasteiger partial charge < -0.3 is 10.4 Å². The quantitative estimate of drug-likeness (QED) is 0.793. The van der Waals surface area contributed by atoms with Crippen LogP contribution < -0.4 is 5.32 Å². The third-order valence-corrected chi connectivity index (χ3v) is 4.58. The molecule has 1 fully saturated rings. The predicted molar refractivity (Wildman–Crippen MR) is 80.3 cm³/mol. The summed E-state index contributed by atoms with van der Waals surface area (Å²) in [5.74, 6) is 0.357. The first-order chi connectivity index (χ1) is 9.58. The molecule has 0 heterocycles. The van der Waals surface area contributed by atoms with Gasteiger partial charge in [-0.3, -0.25) is 0 Å². The zero-order valence-corrected chi connectivity index (χ0v) is 12.5. The van der Waals surface area contributed by atoms with Crippen molar-refractivity contribution in [2.24, 2.45) is 5.92 Å². The fourth-order valence-corrected chi connectivity index (χ4v) is 3.31. The standard InChI is InChI=1S/C17H26FNO/c1-12(14-7-5-3-4-6-8-14)19-13(2)16-10-9-15(18)11-17(16)20/h9-14,19-20H,3-8H2,1-2H3/t12-,13?/m0/s1. The van der Waals surface area contributed by atoms with Crippen LogP contribution in [0.25, 0.3) is 0 Å². The van der Waals surface area contributed by atoms with Gasteiger partial charge in [0.1, 0.15) is 11.6 Å². The van der Waals surface area contributed by atoms with Crippen molar-refractivity contribution < 1.29 is 9.50 Å². The van der Waals surface area contributed by atoms with Crippen molar-refractivity contribution >= 4 is 0 Å². The second kappa shape index (κ2) is 7.07. The molecule has 1 aliphatic rings. The number of phenols is 1. The molecule has 0 bridgehead atoms. The van der Waals surface area contributed by atoms with E-state index >= 15 is 0 Å². The predicted octanol–water partition coefficient (Wildman–Crippen LogP) is 4.54. The molecule has 112 valence electrons. The highest BCUT2D eigenvalue weighted by molar-refractivity contribution is 5.34. The zero-order chi connectivity index (χ0) is 14.5. The number of hydrogen-bond acceptors (Lipinski definition) is 2. The number of phenolic OH excluding ortho intramolecular Hbond substituents is 1. The Morgan fingerprint density at radius 1 is 1.15 bits per heavy atom. The molecule has 0 spiro atoms. The molecule has 2 N–H and O–H groups in total. The first-order valence-corrected chi connectivity index (χ1v) is 7.82. The molecule has 2 rings (SSSR count). The Morgan fingerprint density at radius 2 is 1.80 bits per heavy atom. The molecule has 1 saturated carbocycles. The van der Waals surface area contributed by atoms with Gasteiger partial charge in [0.25, 0.3) is 0 Å². The van der Waals surface area contributed by atoms with Gasteiger partial charge in [-0.15, -0.1) is 0 Å². The minimum atomic E-state index is -0.393. The van der Waals surface area contributed by atoms with Crippen LogP contribution in [0.15, 0.2) is 18.2 Å². The summed E-state index contributed by atoms with van der Waals surface area (Å²) in [6.45, 7) is 4.26. The summed E-state index contributed by atoms with van der Waals surface area (Å²) in [5, 5.41) is 13.4. The second-order valence-corrected chi connectivity index (χ2v) is 6.13. The second-order valence-electron chi connectivity index (χ2n) is 6.13. The minimum absolute atomic E-state index is 0.0360. The molecule has 0 amide bonds. The third-order valence-electron chi connectivity index (χ3n) is 4.58. The number of halogens is 1. The van der Waals surface area contributed by atoms with Crippen LogP contribution in [0.1, 0.15) is 64.0 Å². The van der Waals surface area contributed by atoms with E-state index in [0.29, 0.717) is 12.0 Å². The SMILES string of the molecule is CC(N[C@@H](C)C1CCCCCC1)c1ccc(F)cc1O. The number of rotatable bonds is 4. The van der Waals surface area contributed by atoms with Gasteiger partial charge in [-0.05, 0) is 38.7 Å². The molecule has 1 aliphatic carbocycles. The van der Waals surface area contributed by atoms with Crippen LogP contribution in [0.2, 0.25) is 0 Å². The highest BCUT2D eigenvalue weighted by atomic mass is 19.1. The zero-order valence-electron chi connectivity index (χ0n) is 12.5. The van der Waals surface area contributed by atoms with Crippen molar-refractivity contribution in [2.75, 3.05) is 0 Å². The largest absolute Gasteiger partial charge is 0.508 e. The summed E-state index contributed by atoms with van der Waals surface area (Å²) in [4.78, 5) is 0. The van der Waals surface area contributed by atoms with Crippen LogP contribution in [0, 0.1) is 11.7 Å². The lowest BCUT2D eigenvalue weighted by Crippen LogP contribution is -2.35. The van der Waals surface area contributed by atoms with Gasteiger partial charge >= 0.3 is 0 Å². The van der Waals surface area contributed by atoms with Crippen LogP contribution in [0.4, 0.5) is 4.39 Å². The maximum absolute atomic E-state index is 13.0. The Labute approximate surface area is 121 Å². The summed E-state index contributed by atoms with van der Waals surface area (Å²) in [6, 6.07) is 4.72. The number of nitrogens with one attached hydrogen (secondary N) is 1. The Kier molecular flexibility index (Phi) is 5.41. The molecule has 0 aliphatic heterocycles. The van der Waals surface area contributed by atoms with E-state index in [1.807, 2.05) is 6.92 Å². The molecule has 2 atom stereocenters. The van der Waals surface area contributed by atoms with E-state index in [1.54, 1.807) is 6.07 Å². The third kappa shape index (κ3) is 3.95. The topological polar surface area (TPSA) is 32.3 Å². The van der Waals surface area contributed by atoms with E-state index in [4.69, 9.17) is 0 Å². The molecule has 3 heteroatoms. The lowest BCUT2D eigenvalue weighted by molar-refractivity contribution is 0.313. The van der Waals surface area contributed by atoms with Gasteiger partial charge in [-0.25, -0.2) is 4.39 Å². The van der Waals surface area contributed by atoms with Crippen LogP contribution in [-0.4, -0.2) is 11.1 Å². The van der Waals surface area contributed by atoms with Crippen LogP contribution in [0.5, 0.6) is 5.75 Å². The van der Waals surface area contributed by atoms with Crippen molar-refractivity contribution in [2.45, 2.75) is 64.5 Å². The van der Waals surface area contributed by atoms with Gasteiger partial charge in [-0.2, -0.15) is 0 Å². The molecule has 1 aromatic rings. The first kappa shape index (κ1) is 15.3. The summed E-state index contributed by atoms with van der Waals surface area (Å²) >= 11 is 0. The molecule has 0 aromatic heterocycles. The number of hydrogen-bond donors (Lipinski definition) is 2. The minimum Gasteiger partial charge on any atom is -0.508 e. The van der Waals surface area contributed by atoms with Gasteiger partial charge in [0.2, 0.25) is 0 Å². The van der Waals surface area contributed by atoms with E-state index in [9.17, 15) is 9.50 Å². The smallest absolute Gasteiger partial charge is 0.126 e. The fourth-order valence-electron chi connectivity index (χ4n) is 3.31. The van der Waals surface area contributed by atoms with Crippen molar-refractivity contribution in [1.82, 2.24) is 5.32 Å². The van der Waals surface area contributed by atoms with Gasteiger partial charge in [-0.1, -0.05) is 31.7 Å². The van der Waals surface area contributed by atoms with Crippen LogP contribution in [0.3, 0.4) is 0 Å². The Balaban J connectivity index is 1.97. The Bertz CT molecular complexity index is 427. The fraction of sp³-hybridized carbons (Fsp3) is 0.647. The Hall–Kier alpha value is -1.09.